The highest BCUT2D eigenvalue weighted by Gasteiger charge is 2.22. The molecule has 14 heavy (non-hydrogen) atoms. The topological polar surface area (TPSA) is 76.7 Å². The van der Waals surface area contributed by atoms with Crippen LogP contribution < -0.4 is 10.6 Å². The Kier molecular flexibility index (Phi) is 5.82. The summed E-state index contributed by atoms with van der Waals surface area (Å²) in [7, 11) is 2.82. The van der Waals surface area contributed by atoms with Crippen LogP contribution in [-0.4, -0.2) is 38.5 Å². The molecule has 0 aliphatic rings. The average molecular weight is 204 g/mol. The maximum atomic E-state index is 10.8. The molecule has 0 aliphatic carbocycles. The van der Waals surface area contributed by atoms with Crippen molar-refractivity contribution in [2.24, 2.45) is 0 Å². The fraction of sp³-hybridized carbons (Fsp3) is 0.750. The van der Waals surface area contributed by atoms with Gasteiger partial charge in [-0.2, -0.15) is 0 Å². The highest BCUT2D eigenvalue weighted by atomic mass is 16.5. The van der Waals surface area contributed by atoms with Gasteiger partial charge in [-0.1, -0.05) is 0 Å². The third-order valence-corrected chi connectivity index (χ3v) is 1.47. The number of amides is 2. The summed E-state index contributed by atoms with van der Waals surface area (Å²) < 4.78 is 9.89. The lowest BCUT2D eigenvalue weighted by Crippen LogP contribution is -2.52. The summed E-state index contributed by atoms with van der Waals surface area (Å²) in [5, 5.41) is 4.97. The molecule has 82 valence electrons. The molecule has 2 unspecified atom stereocenters. The van der Waals surface area contributed by atoms with Gasteiger partial charge in [0, 0.05) is 28.1 Å². The molecule has 0 saturated heterocycles. The molecular weight excluding hydrogens is 188 g/mol. The normalized spacial score (nSPS) is 14.3. The van der Waals surface area contributed by atoms with E-state index in [1.165, 1.54) is 28.1 Å². The molecule has 2 atom stereocenters. The van der Waals surface area contributed by atoms with Crippen molar-refractivity contribution < 1.29 is 19.1 Å². The van der Waals surface area contributed by atoms with Crippen molar-refractivity contribution in [3.63, 3.8) is 0 Å². The van der Waals surface area contributed by atoms with Gasteiger partial charge in [0.2, 0.25) is 11.8 Å². The number of carbonyl (C=O) groups is 2. The molecule has 0 bridgehead atoms. The molecular formula is C8H16N2O4. The summed E-state index contributed by atoms with van der Waals surface area (Å²) in [6.07, 6.45) is -1.39. The maximum absolute atomic E-state index is 10.8. The van der Waals surface area contributed by atoms with E-state index >= 15 is 0 Å². The SMILES string of the molecule is COC(NC(C)=O)C(NC(C)=O)OC. The smallest absolute Gasteiger partial charge is 0.218 e. The molecule has 2 amide bonds. The minimum absolute atomic E-state index is 0.260. The summed E-state index contributed by atoms with van der Waals surface area (Å²) in [5.74, 6) is -0.520. The fourth-order valence-electron chi connectivity index (χ4n) is 0.917. The predicted molar refractivity (Wildman–Crippen MR) is 49.2 cm³/mol. The molecule has 0 aliphatic heterocycles. The molecule has 2 N–H and O–H groups in total. The molecule has 0 spiro atoms. The van der Waals surface area contributed by atoms with Gasteiger partial charge in [-0.15, -0.1) is 0 Å². The van der Waals surface area contributed by atoms with Gasteiger partial charge < -0.3 is 20.1 Å². The van der Waals surface area contributed by atoms with Crippen molar-refractivity contribution in [2.75, 3.05) is 14.2 Å². The second-order valence-electron chi connectivity index (χ2n) is 2.71. The minimum Gasteiger partial charge on any atom is -0.357 e. The first kappa shape index (κ1) is 12.9. The number of methoxy groups -OCH3 is 2. The van der Waals surface area contributed by atoms with Crippen molar-refractivity contribution in [3.05, 3.63) is 0 Å². The Hall–Kier alpha value is -1.14. The average Bonchev–Trinajstić information content (AvgIpc) is 2.10. The first-order valence-corrected chi connectivity index (χ1v) is 4.11. The number of ether oxygens (including phenoxy) is 2. The lowest BCUT2D eigenvalue weighted by Gasteiger charge is -2.25. The monoisotopic (exact) mass is 204 g/mol. The van der Waals surface area contributed by atoms with Crippen LogP contribution in [0.1, 0.15) is 13.8 Å². The Bertz CT molecular complexity index is 186. The van der Waals surface area contributed by atoms with Gasteiger partial charge in [0.05, 0.1) is 0 Å². The van der Waals surface area contributed by atoms with E-state index in [1.54, 1.807) is 0 Å². The maximum Gasteiger partial charge on any atom is 0.218 e. The van der Waals surface area contributed by atoms with Gasteiger partial charge in [-0.25, -0.2) is 0 Å². The lowest BCUT2D eigenvalue weighted by molar-refractivity contribution is -0.136. The van der Waals surface area contributed by atoms with Crippen molar-refractivity contribution in [1.82, 2.24) is 10.6 Å². The number of hydrogen-bond donors (Lipinski definition) is 2. The number of nitrogens with one attached hydrogen (secondary N) is 2. The van der Waals surface area contributed by atoms with Crippen LogP contribution in [0.4, 0.5) is 0 Å². The molecule has 0 aromatic carbocycles. The number of hydrogen-bond acceptors (Lipinski definition) is 4. The quantitative estimate of drug-likeness (QED) is 0.575. The van der Waals surface area contributed by atoms with Crippen LogP contribution in [0.25, 0.3) is 0 Å². The molecule has 0 fully saturated rings. The van der Waals surface area contributed by atoms with Crippen LogP contribution in [0.2, 0.25) is 0 Å². The molecule has 0 rings (SSSR count). The summed E-state index contributed by atoms with van der Waals surface area (Å²) in [6, 6.07) is 0. The number of rotatable bonds is 5. The van der Waals surface area contributed by atoms with Gasteiger partial charge >= 0.3 is 0 Å². The summed E-state index contributed by atoms with van der Waals surface area (Å²) in [5.41, 5.74) is 0. The van der Waals surface area contributed by atoms with Crippen LogP contribution >= 0.6 is 0 Å². The Morgan fingerprint density at radius 3 is 1.36 bits per heavy atom. The van der Waals surface area contributed by atoms with E-state index in [4.69, 9.17) is 9.47 Å². The summed E-state index contributed by atoms with van der Waals surface area (Å²) in [4.78, 5) is 21.5. The van der Waals surface area contributed by atoms with Crippen molar-refractivity contribution in [1.29, 1.82) is 0 Å². The third kappa shape index (κ3) is 4.78. The van der Waals surface area contributed by atoms with Crippen LogP contribution in [0.5, 0.6) is 0 Å². The van der Waals surface area contributed by atoms with Crippen LogP contribution in [0.3, 0.4) is 0 Å². The predicted octanol–water partition coefficient (Wildman–Crippen LogP) is -0.796. The van der Waals surface area contributed by atoms with E-state index in [0.29, 0.717) is 0 Å². The number of carbonyl (C=O) groups excluding carboxylic acids is 2. The second-order valence-corrected chi connectivity index (χ2v) is 2.71. The van der Waals surface area contributed by atoms with Gasteiger partial charge in [-0.05, 0) is 0 Å². The van der Waals surface area contributed by atoms with Crippen molar-refractivity contribution in [3.8, 4) is 0 Å². The highest BCUT2D eigenvalue weighted by molar-refractivity contribution is 5.74. The Labute approximate surface area is 82.9 Å². The molecule has 6 nitrogen and oxygen atoms in total. The standard InChI is InChI=1S/C8H16N2O4/c1-5(11)9-7(13-3)8(14-4)10-6(2)12/h7-8H,1-4H3,(H,9,11)(H,10,12). The zero-order valence-electron chi connectivity index (χ0n) is 8.79. The zero-order chi connectivity index (χ0) is 11.1. The van der Waals surface area contributed by atoms with E-state index in [9.17, 15) is 9.59 Å². The van der Waals surface area contributed by atoms with Gasteiger partial charge in [0.1, 0.15) is 0 Å². The molecule has 6 heteroatoms. The van der Waals surface area contributed by atoms with Crippen LogP contribution in [0.15, 0.2) is 0 Å². The largest absolute Gasteiger partial charge is 0.357 e. The van der Waals surface area contributed by atoms with Gasteiger partial charge in [0.25, 0.3) is 0 Å². The van der Waals surface area contributed by atoms with Gasteiger partial charge in [-0.3, -0.25) is 9.59 Å². The first-order valence-electron chi connectivity index (χ1n) is 4.11. The van der Waals surface area contributed by atoms with E-state index in [-0.39, 0.29) is 11.8 Å². The van der Waals surface area contributed by atoms with Crippen LogP contribution in [0, 0.1) is 0 Å². The Balaban J connectivity index is 4.28. The van der Waals surface area contributed by atoms with Gasteiger partial charge in [0.15, 0.2) is 12.5 Å². The highest BCUT2D eigenvalue weighted by Crippen LogP contribution is 1.96. The fourth-order valence-corrected chi connectivity index (χ4v) is 0.917. The van der Waals surface area contributed by atoms with E-state index < -0.39 is 12.5 Å². The summed E-state index contributed by atoms with van der Waals surface area (Å²) in [6.45, 7) is 2.71. The molecule has 0 heterocycles. The first-order chi connectivity index (χ1) is 6.51. The summed E-state index contributed by atoms with van der Waals surface area (Å²) >= 11 is 0. The van der Waals surface area contributed by atoms with E-state index in [1.807, 2.05) is 0 Å². The van der Waals surface area contributed by atoms with Crippen molar-refractivity contribution in [2.45, 2.75) is 26.3 Å². The van der Waals surface area contributed by atoms with Crippen LogP contribution in [-0.2, 0) is 19.1 Å². The second kappa shape index (κ2) is 6.33. The van der Waals surface area contributed by atoms with E-state index in [2.05, 4.69) is 10.6 Å². The van der Waals surface area contributed by atoms with E-state index in [0.717, 1.165) is 0 Å². The van der Waals surface area contributed by atoms with Crippen molar-refractivity contribution >= 4 is 11.8 Å². The zero-order valence-corrected chi connectivity index (χ0v) is 8.79. The molecule has 0 radical (unpaired) electrons. The molecule has 0 aromatic rings. The Morgan fingerprint density at radius 1 is 0.929 bits per heavy atom. The Morgan fingerprint density at radius 2 is 1.21 bits per heavy atom. The molecule has 0 saturated carbocycles. The lowest BCUT2D eigenvalue weighted by atomic mass is 10.4. The minimum atomic E-state index is -0.693. The molecule has 0 aromatic heterocycles. The third-order valence-electron chi connectivity index (χ3n) is 1.47.